The van der Waals surface area contributed by atoms with Crippen LogP contribution in [0.25, 0.3) is 0 Å². The number of piperidine rings is 1. The molecule has 0 aromatic carbocycles. The van der Waals surface area contributed by atoms with Crippen LogP contribution < -0.4 is 5.32 Å². The zero-order valence-electron chi connectivity index (χ0n) is 10.3. The molecule has 2 rings (SSSR count). The van der Waals surface area contributed by atoms with E-state index in [4.69, 9.17) is 0 Å². The molecule has 0 spiro atoms. The van der Waals surface area contributed by atoms with Crippen LogP contribution in [0.3, 0.4) is 0 Å². The van der Waals surface area contributed by atoms with Gasteiger partial charge in [-0.15, -0.1) is 0 Å². The molecule has 0 unspecified atom stereocenters. The van der Waals surface area contributed by atoms with Crippen molar-refractivity contribution in [3.63, 3.8) is 0 Å². The molecule has 0 aromatic rings. The van der Waals surface area contributed by atoms with Gasteiger partial charge in [-0.25, -0.2) is 0 Å². The van der Waals surface area contributed by atoms with Crippen molar-refractivity contribution in [2.75, 3.05) is 13.1 Å². The summed E-state index contributed by atoms with van der Waals surface area (Å²) in [6, 6.07) is 2.51. The number of hydrogen-bond acceptors (Lipinski definition) is 2. The van der Waals surface area contributed by atoms with Crippen LogP contribution >= 0.6 is 0 Å². The summed E-state index contributed by atoms with van der Waals surface area (Å²) in [4.78, 5) is 2.71. The fourth-order valence-electron chi connectivity index (χ4n) is 2.77. The van der Waals surface area contributed by atoms with E-state index < -0.39 is 0 Å². The molecule has 88 valence electrons. The Morgan fingerprint density at radius 2 is 1.73 bits per heavy atom. The minimum absolute atomic E-state index is 0.815. The molecule has 1 aliphatic carbocycles. The van der Waals surface area contributed by atoms with Gasteiger partial charge in [0.15, 0.2) is 0 Å². The smallest absolute Gasteiger partial charge is 0.00697 e. The molecule has 2 aliphatic rings. The van der Waals surface area contributed by atoms with Crippen LogP contribution in [0.5, 0.6) is 0 Å². The first-order valence-corrected chi connectivity index (χ1v) is 6.76. The molecule has 0 aromatic heterocycles. The van der Waals surface area contributed by atoms with Crippen molar-refractivity contribution in [2.45, 2.75) is 70.5 Å². The SMILES string of the molecule is C[C@@H]1CCC[C@H](C)N1CCCNC1CC1. The van der Waals surface area contributed by atoms with Gasteiger partial charge in [0, 0.05) is 18.1 Å². The summed E-state index contributed by atoms with van der Waals surface area (Å²) in [5.74, 6) is 0. The van der Waals surface area contributed by atoms with Crippen molar-refractivity contribution < 1.29 is 0 Å². The van der Waals surface area contributed by atoms with Crippen molar-refractivity contribution in [3.8, 4) is 0 Å². The Hall–Kier alpha value is -0.0800. The van der Waals surface area contributed by atoms with Gasteiger partial charge >= 0.3 is 0 Å². The van der Waals surface area contributed by atoms with Gasteiger partial charge in [-0.2, -0.15) is 0 Å². The lowest BCUT2D eigenvalue weighted by molar-refractivity contribution is 0.102. The molecule has 1 saturated heterocycles. The molecule has 2 heteroatoms. The summed E-state index contributed by atoms with van der Waals surface area (Å²) in [5, 5.41) is 3.60. The second-order valence-corrected chi connectivity index (χ2v) is 5.45. The van der Waals surface area contributed by atoms with Crippen LogP contribution in [-0.2, 0) is 0 Å². The van der Waals surface area contributed by atoms with E-state index in [2.05, 4.69) is 24.1 Å². The minimum Gasteiger partial charge on any atom is -0.314 e. The molecule has 0 radical (unpaired) electrons. The maximum absolute atomic E-state index is 3.60. The van der Waals surface area contributed by atoms with Crippen molar-refractivity contribution in [3.05, 3.63) is 0 Å². The van der Waals surface area contributed by atoms with E-state index in [-0.39, 0.29) is 0 Å². The van der Waals surface area contributed by atoms with Crippen molar-refractivity contribution >= 4 is 0 Å². The lowest BCUT2D eigenvalue weighted by Crippen LogP contribution is -2.44. The zero-order chi connectivity index (χ0) is 10.7. The normalized spacial score (nSPS) is 33.2. The quantitative estimate of drug-likeness (QED) is 0.701. The highest BCUT2D eigenvalue weighted by Crippen LogP contribution is 2.22. The van der Waals surface area contributed by atoms with E-state index >= 15 is 0 Å². The average Bonchev–Trinajstić information content (AvgIpc) is 3.00. The molecule has 2 atom stereocenters. The summed E-state index contributed by atoms with van der Waals surface area (Å²) in [6.07, 6.45) is 8.39. The molecule has 1 saturated carbocycles. The monoisotopic (exact) mass is 210 g/mol. The number of rotatable bonds is 5. The molecule has 0 bridgehead atoms. The Morgan fingerprint density at radius 1 is 1.07 bits per heavy atom. The van der Waals surface area contributed by atoms with Crippen LogP contribution in [0.4, 0.5) is 0 Å². The molecule has 2 fully saturated rings. The van der Waals surface area contributed by atoms with Crippen LogP contribution in [0, 0.1) is 0 Å². The number of nitrogens with zero attached hydrogens (tertiary/aromatic N) is 1. The summed E-state index contributed by atoms with van der Waals surface area (Å²) in [6.45, 7) is 7.30. The lowest BCUT2D eigenvalue weighted by atomic mass is 9.97. The van der Waals surface area contributed by atoms with Crippen LogP contribution in [0.2, 0.25) is 0 Å². The first-order valence-electron chi connectivity index (χ1n) is 6.76. The van der Waals surface area contributed by atoms with E-state index in [0.29, 0.717) is 0 Å². The second kappa shape index (κ2) is 5.31. The number of likely N-dealkylation sites (tertiary alicyclic amines) is 1. The molecular weight excluding hydrogens is 184 g/mol. The Labute approximate surface area is 94.4 Å². The van der Waals surface area contributed by atoms with Gasteiger partial charge < -0.3 is 5.32 Å². The van der Waals surface area contributed by atoms with Crippen molar-refractivity contribution in [1.82, 2.24) is 10.2 Å². The summed E-state index contributed by atoms with van der Waals surface area (Å²) in [7, 11) is 0. The molecule has 15 heavy (non-hydrogen) atoms. The van der Waals surface area contributed by atoms with E-state index in [1.54, 1.807) is 0 Å². The zero-order valence-corrected chi connectivity index (χ0v) is 10.3. The Morgan fingerprint density at radius 3 is 2.33 bits per heavy atom. The predicted molar refractivity (Wildman–Crippen MR) is 65.1 cm³/mol. The first kappa shape index (κ1) is 11.4. The van der Waals surface area contributed by atoms with Crippen molar-refractivity contribution in [1.29, 1.82) is 0 Å². The van der Waals surface area contributed by atoms with Gasteiger partial charge in [-0.1, -0.05) is 6.42 Å². The highest BCUT2D eigenvalue weighted by molar-refractivity contribution is 4.82. The topological polar surface area (TPSA) is 15.3 Å². The highest BCUT2D eigenvalue weighted by atomic mass is 15.2. The standard InChI is InChI=1S/C13H26N2/c1-11-5-3-6-12(2)15(11)10-4-9-14-13-7-8-13/h11-14H,3-10H2,1-2H3/t11-,12+. The van der Waals surface area contributed by atoms with Gasteiger partial charge in [0.25, 0.3) is 0 Å². The van der Waals surface area contributed by atoms with Gasteiger partial charge in [-0.3, -0.25) is 4.90 Å². The highest BCUT2D eigenvalue weighted by Gasteiger charge is 2.24. The molecule has 2 nitrogen and oxygen atoms in total. The Balaban J connectivity index is 1.62. The van der Waals surface area contributed by atoms with E-state index in [9.17, 15) is 0 Å². The van der Waals surface area contributed by atoms with Crippen LogP contribution in [0.1, 0.15) is 52.4 Å². The summed E-state index contributed by atoms with van der Waals surface area (Å²) >= 11 is 0. The van der Waals surface area contributed by atoms with E-state index in [1.165, 1.54) is 51.6 Å². The fraction of sp³-hybridized carbons (Fsp3) is 1.00. The summed E-state index contributed by atoms with van der Waals surface area (Å²) < 4.78 is 0. The third-order valence-electron chi connectivity index (χ3n) is 3.98. The minimum atomic E-state index is 0.815. The maximum atomic E-state index is 3.60. The molecule has 1 heterocycles. The average molecular weight is 210 g/mol. The lowest BCUT2D eigenvalue weighted by Gasteiger charge is -2.39. The van der Waals surface area contributed by atoms with Crippen molar-refractivity contribution in [2.24, 2.45) is 0 Å². The second-order valence-electron chi connectivity index (χ2n) is 5.45. The molecule has 0 amide bonds. The third-order valence-corrected chi connectivity index (χ3v) is 3.98. The Bertz CT molecular complexity index is 179. The molecule has 1 aliphatic heterocycles. The predicted octanol–water partition coefficient (Wildman–Crippen LogP) is 2.39. The van der Waals surface area contributed by atoms with E-state index in [1.807, 2.05) is 0 Å². The maximum Gasteiger partial charge on any atom is 0.00697 e. The largest absolute Gasteiger partial charge is 0.314 e. The number of hydrogen-bond donors (Lipinski definition) is 1. The van der Waals surface area contributed by atoms with Gasteiger partial charge in [0.05, 0.1) is 0 Å². The molecule has 1 N–H and O–H groups in total. The first-order chi connectivity index (χ1) is 7.27. The Kier molecular flexibility index (Phi) is 4.04. The molecular formula is C13H26N2. The number of nitrogens with one attached hydrogen (secondary N) is 1. The van der Waals surface area contributed by atoms with Gasteiger partial charge in [-0.05, 0) is 59.0 Å². The summed E-state index contributed by atoms with van der Waals surface area (Å²) in [5.41, 5.74) is 0. The third kappa shape index (κ3) is 3.46. The van der Waals surface area contributed by atoms with Crippen LogP contribution in [-0.4, -0.2) is 36.1 Å². The fourth-order valence-corrected chi connectivity index (χ4v) is 2.77. The van der Waals surface area contributed by atoms with Crippen LogP contribution in [0.15, 0.2) is 0 Å². The van der Waals surface area contributed by atoms with Gasteiger partial charge in [0.2, 0.25) is 0 Å². The van der Waals surface area contributed by atoms with E-state index in [0.717, 1.165) is 18.1 Å². The van der Waals surface area contributed by atoms with Gasteiger partial charge in [0.1, 0.15) is 0 Å².